The van der Waals surface area contributed by atoms with Crippen LogP contribution in [-0.2, 0) is 4.74 Å². The molecule has 168 valence electrons. The number of fused-ring (bicyclic) bond motifs is 2. The predicted octanol–water partition coefficient (Wildman–Crippen LogP) is 2.04. The molecule has 2 amide bonds. The number of carbonyl (C=O) groups excluding carboxylic acids is 1. The summed E-state index contributed by atoms with van der Waals surface area (Å²) in [6.45, 7) is 3.61. The van der Waals surface area contributed by atoms with E-state index in [9.17, 15) is 4.79 Å². The van der Waals surface area contributed by atoms with Crippen molar-refractivity contribution in [3.05, 3.63) is 29.8 Å². The molecule has 8 nitrogen and oxygen atoms in total. The molecule has 3 saturated heterocycles. The number of hydrogen-bond donors (Lipinski definition) is 2. The summed E-state index contributed by atoms with van der Waals surface area (Å²) in [5.74, 6) is 0.757. The monoisotopic (exact) mass is 427 g/mol. The number of nitrogens with two attached hydrogens (primary N) is 1. The van der Waals surface area contributed by atoms with Gasteiger partial charge in [0.1, 0.15) is 12.0 Å². The maximum Gasteiger partial charge on any atom is 0.319 e. The highest BCUT2D eigenvalue weighted by Crippen LogP contribution is 2.30. The Kier molecular flexibility index (Phi) is 7.28. The minimum atomic E-state index is -0.138. The van der Waals surface area contributed by atoms with E-state index in [0.717, 1.165) is 70.5 Å². The molecule has 0 saturated carbocycles. The van der Waals surface area contributed by atoms with Crippen molar-refractivity contribution in [1.82, 2.24) is 15.1 Å². The highest BCUT2D eigenvalue weighted by molar-refractivity contribution is 5.74. The van der Waals surface area contributed by atoms with Gasteiger partial charge in [0.25, 0.3) is 0 Å². The Hall–Kier alpha value is -2.34. The summed E-state index contributed by atoms with van der Waals surface area (Å²) in [5.41, 5.74) is 7.03. The molecule has 31 heavy (non-hydrogen) atoms. The number of nitrogens with zero attached hydrogens (tertiary/aromatic N) is 3. The fraction of sp³-hybridized carbons (Fsp3) is 0.652. The third-order valence-electron chi connectivity index (χ3n) is 6.57. The van der Waals surface area contributed by atoms with Crippen molar-refractivity contribution in [2.75, 3.05) is 32.8 Å². The molecule has 3 N–H and O–H groups in total. The normalized spacial score (nSPS) is 26.8. The van der Waals surface area contributed by atoms with E-state index in [-0.39, 0.29) is 18.3 Å². The first kappa shape index (κ1) is 21.9. The number of piperazine rings is 1. The number of nitriles is 1. The topological polar surface area (TPSA) is 104 Å². The largest absolute Gasteiger partial charge is 0.494 e. The van der Waals surface area contributed by atoms with Crippen LogP contribution in [0.3, 0.4) is 0 Å². The second kappa shape index (κ2) is 10.3. The van der Waals surface area contributed by atoms with Crippen LogP contribution in [0.1, 0.15) is 44.1 Å². The summed E-state index contributed by atoms with van der Waals surface area (Å²) in [6.07, 6.45) is 5.94. The van der Waals surface area contributed by atoms with Gasteiger partial charge < -0.3 is 25.4 Å². The maximum absolute atomic E-state index is 12.7. The average molecular weight is 428 g/mol. The van der Waals surface area contributed by atoms with E-state index in [1.165, 1.54) is 0 Å². The van der Waals surface area contributed by atoms with Gasteiger partial charge in [-0.25, -0.2) is 4.79 Å². The Labute approximate surface area is 184 Å². The molecule has 0 radical (unpaired) electrons. The Morgan fingerprint density at radius 2 is 1.97 bits per heavy atom. The maximum atomic E-state index is 12.7. The Morgan fingerprint density at radius 1 is 1.23 bits per heavy atom. The molecular formula is C23H33N5O3. The number of benzene rings is 1. The van der Waals surface area contributed by atoms with Crippen LogP contribution in [0.25, 0.3) is 0 Å². The van der Waals surface area contributed by atoms with Crippen LogP contribution in [0.4, 0.5) is 4.79 Å². The zero-order chi connectivity index (χ0) is 21.6. The molecule has 4 rings (SSSR count). The predicted molar refractivity (Wildman–Crippen MR) is 116 cm³/mol. The average Bonchev–Trinajstić information content (AvgIpc) is 3.01. The minimum absolute atomic E-state index is 0.00330. The van der Waals surface area contributed by atoms with E-state index in [1.807, 2.05) is 17.0 Å². The van der Waals surface area contributed by atoms with Gasteiger partial charge in [0.2, 0.25) is 0 Å². The summed E-state index contributed by atoms with van der Waals surface area (Å²) in [6, 6.07) is 10.0. The van der Waals surface area contributed by atoms with Gasteiger partial charge in [-0.05, 0) is 62.8 Å². The molecule has 3 aliphatic rings. The Balaban J connectivity index is 1.20. The van der Waals surface area contributed by atoms with Gasteiger partial charge in [0, 0.05) is 44.4 Å². The lowest BCUT2D eigenvalue weighted by Gasteiger charge is -2.42. The van der Waals surface area contributed by atoms with Gasteiger partial charge in [0.15, 0.2) is 0 Å². The lowest BCUT2D eigenvalue weighted by molar-refractivity contribution is -0.00403. The quantitative estimate of drug-likeness (QED) is 0.690. The van der Waals surface area contributed by atoms with Crippen LogP contribution < -0.4 is 15.8 Å². The molecule has 4 unspecified atom stereocenters. The van der Waals surface area contributed by atoms with Crippen molar-refractivity contribution in [2.45, 2.75) is 62.9 Å². The highest BCUT2D eigenvalue weighted by Gasteiger charge is 2.41. The van der Waals surface area contributed by atoms with E-state index in [2.05, 4.69) is 16.3 Å². The number of carbonyl (C=O) groups is 1. The van der Waals surface area contributed by atoms with Crippen molar-refractivity contribution in [1.29, 1.82) is 5.26 Å². The first-order valence-corrected chi connectivity index (χ1v) is 11.4. The SMILES string of the molecule is N#Cc1ccc(OCCC(N)CN2C3CCC2CN(C(=O)NC2CCCCO2)C3)cc1. The molecular weight excluding hydrogens is 394 g/mol. The molecule has 3 fully saturated rings. The van der Waals surface area contributed by atoms with Gasteiger partial charge in [-0.2, -0.15) is 5.26 Å². The van der Waals surface area contributed by atoms with Crippen LogP contribution in [-0.4, -0.2) is 73.0 Å². The Morgan fingerprint density at radius 3 is 2.61 bits per heavy atom. The number of rotatable bonds is 7. The second-order valence-electron chi connectivity index (χ2n) is 8.82. The van der Waals surface area contributed by atoms with Gasteiger partial charge >= 0.3 is 6.03 Å². The number of urea groups is 1. The zero-order valence-electron chi connectivity index (χ0n) is 18.0. The van der Waals surface area contributed by atoms with Crippen molar-refractivity contribution in [3.8, 4) is 11.8 Å². The van der Waals surface area contributed by atoms with Crippen molar-refractivity contribution < 1.29 is 14.3 Å². The third kappa shape index (κ3) is 5.67. The van der Waals surface area contributed by atoms with Gasteiger partial charge in [-0.15, -0.1) is 0 Å². The van der Waals surface area contributed by atoms with Crippen molar-refractivity contribution >= 4 is 6.03 Å². The third-order valence-corrected chi connectivity index (χ3v) is 6.57. The van der Waals surface area contributed by atoms with Gasteiger partial charge in [-0.1, -0.05) is 0 Å². The lowest BCUT2D eigenvalue weighted by Crippen LogP contribution is -2.60. The molecule has 3 heterocycles. The number of amides is 2. The van der Waals surface area contributed by atoms with Crippen molar-refractivity contribution in [2.24, 2.45) is 5.73 Å². The van der Waals surface area contributed by atoms with E-state index in [4.69, 9.17) is 20.5 Å². The number of ether oxygens (including phenoxy) is 2. The van der Waals surface area contributed by atoms with E-state index in [0.29, 0.717) is 24.3 Å². The van der Waals surface area contributed by atoms with Crippen LogP contribution >= 0.6 is 0 Å². The molecule has 0 spiro atoms. The molecule has 1 aromatic rings. The van der Waals surface area contributed by atoms with E-state index < -0.39 is 0 Å². The molecule has 4 atom stereocenters. The van der Waals surface area contributed by atoms with E-state index in [1.54, 1.807) is 12.1 Å². The van der Waals surface area contributed by atoms with Crippen LogP contribution in [0.15, 0.2) is 24.3 Å². The van der Waals surface area contributed by atoms with Gasteiger partial charge in [-0.3, -0.25) is 4.90 Å². The second-order valence-corrected chi connectivity index (χ2v) is 8.82. The standard InChI is InChI=1S/C23H33N5O3/c24-13-17-4-8-21(9-5-17)30-12-10-18(25)14-28-19-6-7-20(28)16-27(15-19)23(29)26-22-3-1-2-11-31-22/h4-5,8-9,18-20,22H,1-3,6-7,10-12,14-16,25H2,(H,26,29). The molecule has 0 aromatic heterocycles. The van der Waals surface area contributed by atoms with Crippen molar-refractivity contribution in [3.63, 3.8) is 0 Å². The molecule has 1 aromatic carbocycles. The molecule has 2 bridgehead atoms. The van der Waals surface area contributed by atoms with Crippen LogP contribution in [0, 0.1) is 11.3 Å². The number of likely N-dealkylation sites (tertiary alicyclic amines) is 1. The van der Waals surface area contributed by atoms with E-state index >= 15 is 0 Å². The lowest BCUT2D eigenvalue weighted by atomic mass is 10.1. The zero-order valence-corrected chi connectivity index (χ0v) is 18.0. The smallest absolute Gasteiger partial charge is 0.319 e. The number of nitrogens with one attached hydrogen (secondary N) is 1. The highest BCUT2D eigenvalue weighted by atomic mass is 16.5. The Bertz CT molecular complexity index is 760. The first-order valence-electron chi connectivity index (χ1n) is 11.4. The summed E-state index contributed by atoms with van der Waals surface area (Å²) in [4.78, 5) is 17.1. The summed E-state index contributed by atoms with van der Waals surface area (Å²) in [7, 11) is 0. The summed E-state index contributed by atoms with van der Waals surface area (Å²) >= 11 is 0. The summed E-state index contributed by atoms with van der Waals surface area (Å²) in [5, 5.41) is 11.9. The number of hydrogen-bond acceptors (Lipinski definition) is 6. The summed E-state index contributed by atoms with van der Waals surface area (Å²) < 4.78 is 11.4. The minimum Gasteiger partial charge on any atom is -0.494 e. The molecule has 3 aliphatic heterocycles. The van der Waals surface area contributed by atoms with Crippen LogP contribution in [0.2, 0.25) is 0 Å². The van der Waals surface area contributed by atoms with Gasteiger partial charge in [0.05, 0.1) is 18.2 Å². The fourth-order valence-electron chi connectivity index (χ4n) is 4.85. The molecule has 8 heteroatoms. The van der Waals surface area contributed by atoms with Crippen LogP contribution in [0.5, 0.6) is 5.75 Å². The molecule has 0 aliphatic carbocycles. The fourth-order valence-corrected chi connectivity index (χ4v) is 4.85. The first-order chi connectivity index (χ1) is 15.1.